The summed E-state index contributed by atoms with van der Waals surface area (Å²) in [4.78, 5) is 27.8. The number of hydrogen-bond acceptors (Lipinski definition) is 6. The lowest BCUT2D eigenvalue weighted by atomic mass is 9.86. The molecule has 2 fully saturated rings. The smallest absolute Gasteiger partial charge is 0.222 e. The van der Waals surface area contributed by atoms with Crippen molar-refractivity contribution in [3.05, 3.63) is 17.8 Å². The van der Waals surface area contributed by atoms with E-state index < -0.39 is 0 Å². The molecule has 6 nitrogen and oxygen atoms in total. The molecular weight excluding hydrogens is 322 g/mol. The van der Waals surface area contributed by atoms with Gasteiger partial charge in [-0.2, -0.15) is 0 Å². The van der Waals surface area contributed by atoms with Crippen molar-refractivity contribution in [2.45, 2.75) is 24.8 Å². The summed E-state index contributed by atoms with van der Waals surface area (Å²) in [6, 6.07) is 2.05. The number of likely N-dealkylation sites (tertiary alicyclic amines) is 1. The average molecular weight is 345 g/mol. The molecule has 0 bridgehead atoms. The molecular formula is C17H23N5OS. The van der Waals surface area contributed by atoms with Gasteiger partial charge >= 0.3 is 0 Å². The number of thiophene rings is 1. The van der Waals surface area contributed by atoms with E-state index in [1.807, 2.05) is 11.9 Å². The number of nitrogens with zero attached hydrogens (tertiary/aromatic N) is 5. The lowest BCUT2D eigenvalue weighted by molar-refractivity contribution is -0.129. The van der Waals surface area contributed by atoms with Crippen molar-refractivity contribution < 1.29 is 4.79 Å². The molecule has 2 aliphatic heterocycles. The second kappa shape index (κ2) is 5.97. The minimum Gasteiger partial charge on any atom is -0.352 e. The Kier molecular flexibility index (Phi) is 3.92. The molecule has 4 heterocycles. The molecule has 7 heteroatoms. The van der Waals surface area contributed by atoms with Gasteiger partial charge in [0.2, 0.25) is 5.91 Å². The highest BCUT2D eigenvalue weighted by Crippen LogP contribution is 2.36. The Labute approximate surface area is 146 Å². The zero-order valence-corrected chi connectivity index (χ0v) is 15.1. The number of rotatable bonds is 1. The number of likely N-dealkylation sites (N-methyl/N-ethyl adjacent to an activating group) is 1. The Morgan fingerprint density at radius 2 is 2.04 bits per heavy atom. The van der Waals surface area contributed by atoms with E-state index in [0.717, 1.165) is 50.4 Å². The van der Waals surface area contributed by atoms with Gasteiger partial charge in [-0.3, -0.25) is 9.69 Å². The van der Waals surface area contributed by atoms with Crippen LogP contribution in [-0.4, -0.2) is 71.5 Å². The molecule has 2 saturated heterocycles. The monoisotopic (exact) mass is 345 g/mol. The van der Waals surface area contributed by atoms with E-state index in [9.17, 15) is 4.79 Å². The standard InChI is InChI=1S/C17H23N5OS/c1-20-7-6-17(5-3-14(20)23)11-22(9-8-21(17)2)16-15-13(4-10-24-15)18-12-19-16/h4,10,12H,3,5-9,11H2,1-2H3/t17-/m1/s1. The summed E-state index contributed by atoms with van der Waals surface area (Å²) in [5, 5.41) is 2.08. The Morgan fingerprint density at radius 3 is 2.92 bits per heavy atom. The van der Waals surface area contributed by atoms with Crippen LogP contribution < -0.4 is 4.90 Å². The fourth-order valence-electron chi connectivity index (χ4n) is 3.94. The third kappa shape index (κ3) is 2.56. The molecule has 0 aromatic carbocycles. The Balaban J connectivity index is 1.65. The number of aromatic nitrogens is 2. The molecule has 0 aliphatic carbocycles. The van der Waals surface area contributed by atoms with Gasteiger partial charge in [-0.1, -0.05) is 0 Å². The summed E-state index contributed by atoms with van der Waals surface area (Å²) in [7, 11) is 4.12. The van der Waals surface area contributed by atoms with Crippen LogP contribution in [0.25, 0.3) is 10.2 Å². The first-order chi connectivity index (χ1) is 11.6. The number of fused-ring (bicyclic) bond motifs is 1. The Morgan fingerprint density at radius 1 is 1.17 bits per heavy atom. The summed E-state index contributed by atoms with van der Waals surface area (Å²) in [6.45, 7) is 3.71. The van der Waals surface area contributed by atoms with Gasteiger partial charge in [-0.05, 0) is 31.3 Å². The zero-order valence-electron chi connectivity index (χ0n) is 14.2. The summed E-state index contributed by atoms with van der Waals surface area (Å²) < 4.78 is 1.17. The molecule has 0 unspecified atom stereocenters. The van der Waals surface area contributed by atoms with Gasteiger partial charge in [0.25, 0.3) is 0 Å². The van der Waals surface area contributed by atoms with Crippen molar-refractivity contribution in [2.75, 3.05) is 45.2 Å². The first-order valence-corrected chi connectivity index (χ1v) is 9.35. The van der Waals surface area contributed by atoms with Gasteiger partial charge in [0.05, 0.1) is 10.2 Å². The van der Waals surface area contributed by atoms with Crippen molar-refractivity contribution in [3.63, 3.8) is 0 Å². The summed E-state index contributed by atoms with van der Waals surface area (Å²) >= 11 is 1.71. The van der Waals surface area contributed by atoms with Crippen LogP contribution in [0.1, 0.15) is 19.3 Å². The van der Waals surface area contributed by atoms with Crippen LogP contribution in [0.5, 0.6) is 0 Å². The minimum atomic E-state index is 0.0488. The van der Waals surface area contributed by atoms with Crippen LogP contribution in [0.3, 0.4) is 0 Å². The molecule has 0 saturated carbocycles. The van der Waals surface area contributed by atoms with Crippen molar-refractivity contribution in [3.8, 4) is 0 Å². The third-order valence-electron chi connectivity index (χ3n) is 5.67. The largest absolute Gasteiger partial charge is 0.352 e. The van der Waals surface area contributed by atoms with Crippen LogP contribution in [-0.2, 0) is 4.79 Å². The molecule has 128 valence electrons. The SMILES string of the molecule is CN1CC[C@]2(CCC1=O)CN(c1ncnc3ccsc13)CCN2C. The van der Waals surface area contributed by atoms with Crippen molar-refractivity contribution in [1.29, 1.82) is 0 Å². The average Bonchev–Trinajstić information content (AvgIpc) is 3.03. The molecule has 2 aromatic rings. The third-order valence-corrected chi connectivity index (χ3v) is 6.57. The molecule has 4 rings (SSSR count). The van der Waals surface area contributed by atoms with Crippen molar-refractivity contribution >= 4 is 33.3 Å². The molecule has 0 radical (unpaired) electrons. The first-order valence-electron chi connectivity index (χ1n) is 8.47. The molecule has 1 amide bonds. The number of piperazine rings is 1. The molecule has 24 heavy (non-hydrogen) atoms. The van der Waals surface area contributed by atoms with Crippen LogP contribution in [0, 0.1) is 0 Å². The van der Waals surface area contributed by atoms with E-state index in [1.54, 1.807) is 17.7 Å². The number of hydrogen-bond donors (Lipinski definition) is 0. The number of anilines is 1. The highest BCUT2D eigenvalue weighted by Gasteiger charge is 2.42. The second-order valence-corrected chi connectivity index (χ2v) is 7.88. The lowest BCUT2D eigenvalue weighted by Gasteiger charge is -2.49. The molecule has 2 aliphatic rings. The zero-order chi connectivity index (χ0) is 16.7. The number of carbonyl (C=O) groups is 1. The highest BCUT2D eigenvalue weighted by molar-refractivity contribution is 7.17. The summed E-state index contributed by atoms with van der Waals surface area (Å²) in [5.74, 6) is 1.31. The van der Waals surface area contributed by atoms with Crippen molar-refractivity contribution in [1.82, 2.24) is 19.8 Å². The van der Waals surface area contributed by atoms with E-state index in [4.69, 9.17) is 0 Å². The number of amides is 1. The maximum Gasteiger partial charge on any atom is 0.222 e. The maximum atomic E-state index is 12.1. The normalized spacial score (nSPS) is 26.3. The van der Waals surface area contributed by atoms with Crippen LogP contribution in [0.2, 0.25) is 0 Å². The van der Waals surface area contributed by atoms with E-state index in [0.29, 0.717) is 6.42 Å². The maximum absolute atomic E-state index is 12.1. The molecule has 1 atom stereocenters. The highest BCUT2D eigenvalue weighted by atomic mass is 32.1. The molecule has 0 N–H and O–H groups in total. The van der Waals surface area contributed by atoms with E-state index in [1.165, 1.54) is 4.70 Å². The Bertz CT molecular complexity index is 762. The number of carbonyl (C=O) groups excluding carboxylic acids is 1. The molecule has 1 spiro atoms. The topological polar surface area (TPSA) is 52.6 Å². The van der Waals surface area contributed by atoms with Gasteiger partial charge in [0.15, 0.2) is 0 Å². The minimum absolute atomic E-state index is 0.0488. The van der Waals surface area contributed by atoms with Crippen molar-refractivity contribution in [2.24, 2.45) is 0 Å². The van der Waals surface area contributed by atoms with Crippen LogP contribution in [0.15, 0.2) is 17.8 Å². The fraction of sp³-hybridized carbons (Fsp3) is 0.588. The summed E-state index contributed by atoms with van der Waals surface area (Å²) in [6.07, 6.45) is 4.23. The van der Waals surface area contributed by atoms with E-state index in [-0.39, 0.29) is 11.4 Å². The molecule has 2 aromatic heterocycles. The quantitative estimate of drug-likeness (QED) is 0.789. The van der Waals surface area contributed by atoms with Gasteiger partial charge < -0.3 is 9.80 Å². The first kappa shape index (κ1) is 15.8. The lowest BCUT2D eigenvalue weighted by Crippen LogP contribution is -2.61. The van der Waals surface area contributed by atoms with E-state index >= 15 is 0 Å². The van der Waals surface area contributed by atoms with Gasteiger partial charge in [-0.25, -0.2) is 9.97 Å². The summed E-state index contributed by atoms with van der Waals surface area (Å²) in [5.41, 5.74) is 1.07. The van der Waals surface area contributed by atoms with Gasteiger partial charge in [-0.15, -0.1) is 11.3 Å². The Hall–Kier alpha value is -1.73. The predicted octanol–water partition coefficient (Wildman–Crippen LogP) is 1.82. The van der Waals surface area contributed by atoms with E-state index in [2.05, 4.69) is 38.3 Å². The van der Waals surface area contributed by atoms with Gasteiger partial charge in [0, 0.05) is 45.2 Å². The van der Waals surface area contributed by atoms with Gasteiger partial charge in [0.1, 0.15) is 12.1 Å². The fourth-order valence-corrected chi connectivity index (χ4v) is 4.80. The predicted molar refractivity (Wildman–Crippen MR) is 96.5 cm³/mol. The van der Waals surface area contributed by atoms with Crippen LogP contribution >= 0.6 is 11.3 Å². The van der Waals surface area contributed by atoms with Crippen LogP contribution in [0.4, 0.5) is 5.82 Å². The second-order valence-electron chi connectivity index (χ2n) is 6.96.